The van der Waals surface area contributed by atoms with Crippen molar-refractivity contribution in [2.45, 2.75) is 12.8 Å². The molecule has 27 heavy (non-hydrogen) atoms. The van der Waals surface area contributed by atoms with E-state index in [9.17, 15) is 5.11 Å². The van der Waals surface area contributed by atoms with E-state index >= 15 is 0 Å². The molecule has 3 aromatic rings. The summed E-state index contributed by atoms with van der Waals surface area (Å²) in [6, 6.07) is 26.1. The van der Waals surface area contributed by atoms with Crippen molar-refractivity contribution >= 4 is 22.6 Å². The molecule has 0 spiro atoms. The van der Waals surface area contributed by atoms with Crippen LogP contribution in [0.4, 0.5) is 11.4 Å². The highest BCUT2D eigenvalue weighted by Crippen LogP contribution is 2.39. The van der Waals surface area contributed by atoms with Crippen LogP contribution < -0.4 is 10.6 Å². The summed E-state index contributed by atoms with van der Waals surface area (Å²) in [5.74, 6) is 0. The normalized spacial score (nSPS) is 17.2. The zero-order valence-corrected chi connectivity index (χ0v) is 15.1. The van der Waals surface area contributed by atoms with E-state index in [1.807, 2.05) is 72.8 Å². The highest BCUT2D eigenvalue weighted by molar-refractivity contribution is 6.03. The number of hydrogen-bond acceptors (Lipinski definition) is 4. The molecule has 3 N–H and O–H groups in total. The Hall–Kier alpha value is -3.08. The number of benzene rings is 3. The van der Waals surface area contributed by atoms with E-state index in [-0.39, 0.29) is 0 Å². The first-order valence-electron chi connectivity index (χ1n) is 8.95. The molecule has 1 aliphatic heterocycles. The van der Waals surface area contributed by atoms with Gasteiger partial charge < -0.3 is 20.5 Å². The summed E-state index contributed by atoms with van der Waals surface area (Å²) in [5.41, 5.74) is 6.72. The molecule has 0 amide bonds. The summed E-state index contributed by atoms with van der Waals surface area (Å²) in [6.45, 7) is 0.555. The molecular weight excluding hydrogens is 336 g/mol. The fourth-order valence-electron chi connectivity index (χ4n) is 3.43. The van der Waals surface area contributed by atoms with Gasteiger partial charge in [-0.15, -0.1) is 0 Å². The highest BCUT2D eigenvalue weighted by atomic mass is 16.5. The van der Waals surface area contributed by atoms with Crippen LogP contribution in [0.1, 0.15) is 16.7 Å². The lowest BCUT2D eigenvalue weighted by Gasteiger charge is -2.18. The fraction of sp³-hybridized carbons (Fsp3) is 0.130. The van der Waals surface area contributed by atoms with E-state index in [0.717, 1.165) is 39.3 Å². The van der Waals surface area contributed by atoms with Gasteiger partial charge in [0.15, 0.2) is 6.23 Å². The number of methoxy groups -OCH3 is 1. The molecule has 3 aromatic carbocycles. The lowest BCUT2D eigenvalue weighted by atomic mass is 9.99. The standard InChI is InChI=1S/C23H22N2O2/c1-27-15-16-8-7-11-18(14-16)24-22(17-9-3-2-4-10-17)21-19-12-5-6-13-20(19)25-23(21)26/h2-14,23-26H,15H2,1H3/b22-21-. The van der Waals surface area contributed by atoms with Crippen molar-refractivity contribution in [1.29, 1.82) is 0 Å². The number of rotatable bonds is 5. The number of para-hydroxylation sites is 1. The fourth-order valence-corrected chi connectivity index (χ4v) is 3.43. The van der Waals surface area contributed by atoms with Crippen LogP contribution in [0.2, 0.25) is 0 Å². The van der Waals surface area contributed by atoms with Gasteiger partial charge in [0.25, 0.3) is 0 Å². The molecule has 0 aliphatic carbocycles. The molecular formula is C23H22N2O2. The van der Waals surface area contributed by atoms with Gasteiger partial charge in [-0.25, -0.2) is 0 Å². The van der Waals surface area contributed by atoms with Gasteiger partial charge in [-0.1, -0.05) is 60.7 Å². The van der Waals surface area contributed by atoms with Crippen LogP contribution in [0.5, 0.6) is 0 Å². The van der Waals surface area contributed by atoms with Crippen molar-refractivity contribution in [3.63, 3.8) is 0 Å². The Labute approximate surface area is 159 Å². The molecule has 1 aliphatic rings. The molecule has 1 atom stereocenters. The number of fused-ring (bicyclic) bond motifs is 1. The maximum Gasteiger partial charge on any atom is 0.153 e. The van der Waals surface area contributed by atoms with Crippen molar-refractivity contribution < 1.29 is 9.84 Å². The minimum absolute atomic E-state index is 0.555. The Morgan fingerprint density at radius 3 is 2.59 bits per heavy atom. The van der Waals surface area contributed by atoms with Crippen LogP contribution in [0.3, 0.4) is 0 Å². The van der Waals surface area contributed by atoms with Gasteiger partial charge in [0.1, 0.15) is 0 Å². The van der Waals surface area contributed by atoms with E-state index in [0.29, 0.717) is 6.61 Å². The largest absolute Gasteiger partial charge is 0.380 e. The van der Waals surface area contributed by atoms with Gasteiger partial charge in [0, 0.05) is 29.6 Å². The van der Waals surface area contributed by atoms with Gasteiger partial charge in [-0.05, 0) is 29.3 Å². The quantitative estimate of drug-likeness (QED) is 0.626. The van der Waals surface area contributed by atoms with Crippen LogP contribution in [0, 0.1) is 0 Å². The third kappa shape index (κ3) is 3.58. The Morgan fingerprint density at radius 2 is 1.78 bits per heavy atom. The summed E-state index contributed by atoms with van der Waals surface area (Å²) < 4.78 is 5.25. The highest BCUT2D eigenvalue weighted by Gasteiger charge is 2.28. The predicted octanol–water partition coefficient (Wildman–Crippen LogP) is 4.56. The number of aliphatic hydroxyl groups is 1. The minimum atomic E-state index is -0.771. The summed E-state index contributed by atoms with van der Waals surface area (Å²) in [5, 5.41) is 17.4. The van der Waals surface area contributed by atoms with E-state index in [1.54, 1.807) is 7.11 Å². The van der Waals surface area contributed by atoms with Crippen LogP contribution >= 0.6 is 0 Å². The zero-order chi connectivity index (χ0) is 18.6. The SMILES string of the molecule is COCc1cccc(N/C(=C2/c3ccccc3NC2O)c2ccccc2)c1. The first-order chi connectivity index (χ1) is 13.3. The number of ether oxygens (including phenoxy) is 1. The maximum atomic E-state index is 10.7. The Morgan fingerprint density at radius 1 is 1.00 bits per heavy atom. The molecule has 0 fully saturated rings. The van der Waals surface area contributed by atoms with Crippen LogP contribution in [-0.4, -0.2) is 18.4 Å². The van der Waals surface area contributed by atoms with E-state index in [1.165, 1.54) is 0 Å². The van der Waals surface area contributed by atoms with Crippen LogP contribution in [0.25, 0.3) is 11.3 Å². The second-order valence-corrected chi connectivity index (χ2v) is 6.51. The number of hydrogen-bond donors (Lipinski definition) is 3. The number of aliphatic hydroxyl groups excluding tert-OH is 1. The molecule has 1 heterocycles. The maximum absolute atomic E-state index is 10.7. The minimum Gasteiger partial charge on any atom is -0.380 e. The van der Waals surface area contributed by atoms with E-state index < -0.39 is 6.23 Å². The first-order valence-corrected chi connectivity index (χ1v) is 8.95. The average Bonchev–Trinajstić information content (AvgIpc) is 3.03. The predicted molar refractivity (Wildman–Crippen MR) is 110 cm³/mol. The van der Waals surface area contributed by atoms with Gasteiger partial charge in [-0.2, -0.15) is 0 Å². The summed E-state index contributed by atoms with van der Waals surface area (Å²) >= 11 is 0. The summed E-state index contributed by atoms with van der Waals surface area (Å²) in [4.78, 5) is 0. The molecule has 4 nitrogen and oxygen atoms in total. The molecule has 0 bridgehead atoms. The smallest absolute Gasteiger partial charge is 0.153 e. The third-order valence-corrected chi connectivity index (χ3v) is 4.62. The molecule has 0 aromatic heterocycles. The van der Waals surface area contributed by atoms with Crippen molar-refractivity contribution in [3.05, 3.63) is 95.6 Å². The van der Waals surface area contributed by atoms with Gasteiger partial charge in [0.05, 0.1) is 12.3 Å². The first kappa shape index (κ1) is 17.3. The molecule has 0 saturated heterocycles. The third-order valence-electron chi connectivity index (χ3n) is 4.62. The summed E-state index contributed by atoms with van der Waals surface area (Å²) in [7, 11) is 1.69. The lowest BCUT2D eigenvalue weighted by Crippen LogP contribution is -2.16. The van der Waals surface area contributed by atoms with Crippen molar-refractivity contribution in [2.75, 3.05) is 17.7 Å². The van der Waals surface area contributed by atoms with Crippen molar-refractivity contribution in [2.24, 2.45) is 0 Å². The Kier molecular flexibility index (Phi) is 4.92. The summed E-state index contributed by atoms with van der Waals surface area (Å²) in [6.07, 6.45) is -0.771. The topological polar surface area (TPSA) is 53.5 Å². The van der Waals surface area contributed by atoms with Crippen molar-refractivity contribution in [3.8, 4) is 0 Å². The number of nitrogens with one attached hydrogen (secondary N) is 2. The monoisotopic (exact) mass is 358 g/mol. The van der Waals surface area contributed by atoms with Gasteiger partial charge in [-0.3, -0.25) is 0 Å². The van der Waals surface area contributed by atoms with Gasteiger partial charge in [0.2, 0.25) is 0 Å². The molecule has 4 rings (SSSR count). The van der Waals surface area contributed by atoms with Gasteiger partial charge >= 0.3 is 0 Å². The average molecular weight is 358 g/mol. The van der Waals surface area contributed by atoms with Crippen LogP contribution in [-0.2, 0) is 11.3 Å². The Bertz CT molecular complexity index is 967. The second-order valence-electron chi connectivity index (χ2n) is 6.51. The van der Waals surface area contributed by atoms with E-state index in [2.05, 4.69) is 16.7 Å². The molecule has 1 unspecified atom stereocenters. The lowest BCUT2D eigenvalue weighted by molar-refractivity contribution is 0.185. The van der Waals surface area contributed by atoms with E-state index in [4.69, 9.17) is 4.74 Å². The molecule has 4 heteroatoms. The molecule has 0 saturated carbocycles. The number of anilines is 2. The Balaban J connectivity index is 1.83. The molecule has 0 radical (unpaired) electrons. The van der Waals surface area contributed by atoms with Crippen LogP contribution in [0.15, 0.2) is 78.9 Å². The van der Waals surface area contributed by atoms with Crippen molar-refractivity contribution in [1.82, 2.24) is 0 Å². The zero-order valence-electron chi connectivity index (χ0n) is 15.1. The second kappa shape index (κ2) is 7.66. The molecule has 136 valence electrons.